The minimum atomic E-state index is 0.691. The zero-order valence-electron chi connectivity index (χ0n) is 13.2. The van der Waals surface area contributed by atoms with Crippen molar-refractivity contribution in [3.05, 3.63) is 59.2 Å². The molecule has 0 unspecified atom stereocenters. The lowest BCUT2D eigenvalue weighted by molar-refractivity contribution is 0.473. The molecule has 5 rings (SSSR count). The van der Waals surface area contributed by atoms with Crippen LogP contribution in [-0.4, -0.2) is 9.97 Å². The number of aryl methyl sites for hydroxylation is 2. The standard InChI is InChI=1S/C20H16N2OS/c1-2-8-14-13(6-1)7-5-10-16(14)23-19-18-15-9-3-4-11-17(15)24-20(18)22-12-21-19/h1-2,5-8,10,12H,3-4,9,11H2. The zero-order chi connectivity index (χ0) is 15.9. The van der Waals surface area contributed by atoms with Gasteiger partial charge >= 0.3 is 0 Å². The molecule has 0 fully saturated rings. The first-order valence-corrected chi connectivity index (χ1v) is 9.13. The van der Waals surface area contributed by atoms with Crippen LogP contribution in [0.15, 0.2) is 48.8 Å². The van der Waals surface area contributed by atoms with Crippen molar-refractivity contribution in [2.45, 2.75) is 25.7 Å². The highest BCUT2D eigenvalue weighted by molar-refractivity contribution is 7.18. The fourth-order valence-electron chi connectivity index (χ4n) is 3.53. The lowest BCUT2D eigenvalue weighted by Crippen LogP contribution is -1.99. The van der Waals surface area contributed by atoms with E-state index in [1.54, 1.807) is 17.7 Å². The van der Waals surface area contributed by atoms with Crippen LogP contribution in [0.5, 0.6) is 11.6 Å². The van der Waals surface area contributed by atoms with E-state index < -0.39 is 0 Å². The van der Waals surface area contributed by atoms with Crippen molar-refractivity contribution in [3.63, 3.8) is 0 Å². The van der Waals surface area contributed by atoms with E-state index in [1.807, 2.05) is 24.3 Å². The van der Waals surface area contributed by atoms with E-state index in [0.29, 0.717) is 5.88 Å². The van der Waals surface area contributed by atoms with E-state index in [-0.39, 0.29) is 0 Å². The molecule has 0 radical (unpaired) electrons. The lowest BCUT2D eigenvalue weighted by Gasteiger charge is -2.12. The molecule has 2 aromatic heterocycles. The van der Waals surface area contributed by atoms with Crippen molar-refractivity contribution >= 4 is 32.3 Å². The molecule has 0 atom stereocenters. The number of hydrogen-bond acceptors (Lipinski definition) is 4. The molecule has 0 spiro atoms. The van der Waals surface area contributed by atoms with Gasteiger partial charge in [0.05, 0.1) is 5.39 Å². The number of thiophene rings is 1. The highest BCUT2D eigenvalue weighted by Gasteiger charge is 2.21. The van der Waals surface area contributed by atoms with Gasteiger partial charge < -0.3 is 4.74 Å². The fourth-order valence-corrected chi connectivity index (χ4v) is 4.75. The van der Waals surface area contributed by atoms with Crippen molar-refractivity contribution < 1.29 is 4.74 Å². The van der Waals surface area contributed by atoms with Gasteiger partial charge in [0.2, 0.25) is 5.88 Å². The summed E-state index contributed by atoms with van der Waals surface area (Å²) in [5, 5.41) is 3.40. The van der Waals surface area contributed by atoms with Crippen LogP contribution in [0.3, 0.4) is 0 Å². The Kier molecular flexibility index (Phi) is 3.23. The summed E-state index contributed by atoms with van der Waals surface area (Å²) in [6, 6.07) is 14.4. The molecule has 1 aliphatic carbocycles. The first kappa shape index (κ1) is 13.9. The molecule has 0 saturated heterocycles. The van der Waals surface area contributed by atoms with Crippen molar-refractivity contribution in [2.75, 3.05) is 0 Å². The van der Waals surface area contributed by atoms with Crippen LogP contribution >= 0.6 is 11.3 Å². The third-order valence-corrected chi connectivity index (χ3v) is 5.87. The topological polar surface area (TPSA) is 35.0 Å². The maximum Gasteiger partial charge on any atom is 0.231 e. The summed E-state index contributed by atoms with van der Waals surface area (Å²) < 4.78 is 6.28. The van der Waals surface area contributed by atoms with Crippen LogP contribution < -0.4 is 4.74 Å². The molecule has 0 N–H and O–H groups in total. The van der Waals surface area contributed by atoms with Crippen molar-refractivity contribution in [1.82, 2.24) is 9.97 Å². The molecular formula is C20H16N2OS. The van der Waals surface area contributed by atoms with E-state index in [0.717, 1.165) is 34.2 Å². The number of ether oxygens (including phenoxy) is 1. The van der Waals surface area contributed by atoms with Gasteiger partial charge in [0.1, 0.15) is 16.9 Å². The average Bonchev–Trinajstić information content (AvgIpc) is 3.02. The Bertz CT molecular complexity index is 1050. The summed E-state index contributed by atoms with van der Waals surface area (Å²) in [5.41, 5.74) is 1.40. The molecule has 4 aromatic rings. The molecule has 4 heteroatoms. The van der Waals surface area contributed by atoms with Gasteiger partial charge in [-0.15, -0.1) is 11.3 Å². The summed E-state index contributed by atoms with van der Waals surface area (Å²) in [5.74, 6) is 1.54. The summed E-state index contributed by atoms with van der Waals surface area (Å²) in [6.07, 6.45) is 6.39. The quantitative estimate of drug-likeness (QED) is 0.485. The average molecular weight is 332 g/mol. The second-order valence-corrected chi connectivity index (χ2v) is 7.23. The molecule has 0 aliphatic heterocycles. The van der Waals surface area contributed by atoms with Crippen molar-refractivity contribution in [2.24, 2.45) is 0 Å². The van der Waals surface area contributed by atoms with Gasteiger partial charge in [-0.2, -0.15) is 0 Å². The van der Waals surface area contributed by atoms with Crippen molar-refractivity contribution in [3.8, 4) is 11.6 Å². The Hall–Kier alpha value is -2.46. The Morgan fingerprint density at radius 1 is 0.917 bits per heavy atom. The highest BCUT2D eigenvalue weighted by atomic mass is 32.1. The number of hydrogen-bond donors (Lipinski definition) is 0. The number of benzene rings is 2. The molecule has 2 heterocycles. The molecule has 1 aliphatic rings. The van der Waals surface area contributed by atoms with Gasteiger partial charge in [0, 0.05) is 10.3 Å². The molecule has 0 saturated carbocycles. The van der Waals surface area contributed by atoms with Gasteiger partial charge in [-0.3, -0.25) is 0 Å². The minimum absolute atomic E-state index is 0.691. The van der Waals surface area contributed by atoms with E-state index in [2.05, 4.69) is 28.2 Å². The first-order valence-electron chi connectivity index (χ1n) is 8.31. The third kappa shape index (κ3) is 2.18. The van der Waals surface area contributed by atoms with E-state index in [1.165, 1.54) is 28.7 Å². The van der Waals surface area contributed by atoms with Gasteiger partial charge in [0.25, 0.3) is 0 Å². The maximum absolute atomic E-state index is 6.28. The molecular weight excluding hydrogens is 316 g/mol. The van der Waals surface area contributed by atoms with Crippen LogP contribution in [-0.2, 0) is 12.8 Å². The lowest BCUT2D eigenvalue weighted by atomic mass is 9.97. The number of rotatable bonds is 2. The van der Waals surface area contributed by atoms with Gasteiger partial charge in [-0.1, -0.05) is 36.4 Å². The number of fused-ring (bicyclic) bond motifs is 4. The van der Waals surface area contributed by atoms with Crippen LogP contribution in [0, 0.1) is 0 Å². The van der Waals surface area contributed by atoms with Crippen LogP contribution in [0.4, 0.5) is 0 Å². The minimum Gasteiger partial charge on any atom is -0.438 e. The summed E-state index contributed by atoms with van der Waals surface area (Å²) in [4.78, 5) is 11.4. The largest absolute Gasteiger partial charge is 0.438 e. The smallest absolute Gasteiger partial charge is 0.231 e. The van der Waals surface area contributed by atoms with E-state index >= 15 is 0 Å². The molecule has 0 bridgehead atoms. The number of aromatic nitrogens is 2. The summed E-state index contributed by atoms with van der Waals surface area (Å²) >= 11 is 1.80. The summed E-state index contributed by atoms with van der Waals surface area (Å²) in [7, 11) is 0. The van der Waals surface area contributed by atoms with Crippen LogP contribution in [0.25, 0.3) is 21.0 Å². The molecule has 3 nitrogen and oxygen atoms in total. The molecule has 2 aromatic carbocycles. The Morgan fingerprint density at radius 3 is 2.79 bits per heavy atom. The number of nitrogens with zero attached hydrogens (tertiary/aromatic N) is 2. The SMILES string of the molecule is c1ccc2c(Oc3ncnc4sc5c(c34)CCCC5)cccc2c1. The second-order valence-electron chi connectivity index (χ2n) is 6.15. The monoisotopic (exact) mass is 332 g/mol. The summed E-state index contributed by atoms with van der Waals surface area (Å²) in [6.45, 7) is 0. The van der Waals surface area contributed by atoms with Crippen LogP contribution in [0.1, 0.15) is 23.3 Å². The van der Waals surface area contributed by atoms with Crippen molar-refractivity contribution in [1.29, 1.82) is 0 Å². The van der Waals surface area contributed by atoms with Crippen LogP contribution in [0.2, 0.25) is 0 Å². The second kappa shape index (κ2) is 5.56. The maximum atomic E-state index is 6.28. The Balaban J connectivity index is 1.68. The fraction of sp³-hybridized carbons (Fsp3) is 0.200. The highest BCUT2D eigenvalue weighted by Crippen LogP contribution is 2.41. The third-order valence-electron chi connectivity index (χ3n) is 4.67. The Morgan fingerprint density at radius 2 is 1.79 bits per heavy atom. The normalized spacial score (nSPS) is 14.0. The first-order chi connectivity index (χ1) is 11.9. The van der Waals surface area contributed by atoms with Gasteiger partial charge in [0.15, 0.2) is 0 Å². The predicted octanol–water partition coefficient (Wildman–Crippen LogP) is 5.52. The van der Waals surface area contributed by atoms with E-state index in [9.17, 15) is 0 Å². The molecule has 0 amide bonds. The molecule has 118 valence electrons. The Labute approximate surface area is 143 Å². The predicted molar refractivity (Wildman–Crippen MR) is 98.1 cm³/mol. The van der Waals surface area contributed by atoms with Gasteiger partial charge in [-0.05, 0) is 42.7 Å². The van der Waals surface area contributed by atoms with Gasteiger partial charge in [-0.25, -0.2) is 9.97 Å². The van der Waals surface area contributed by atoms with E-state index in [4.69, 9.17) is 4.74 Å². The zero-order valence-corrected chi connectivity index (χ0v) is 14.0. The molecule has 24 heavy (non-hydrogen) atoms.